The van der Waals surface area contributed by atoms with Crippen LogP contribution in [0.2, 0.25) is 0 Å². The number of rotatable bonds is 5. The van der Waals surface area contributed by atoms with Gasteiger partial charge in [0.1, 0.15) is 11.6 Å². The number of pyridine rings is 3. The van der Waals surface area contributed by atoms with Gasteiger partial charge in [0.2, 0.25) is 11.8 Å². The highest BCUT2D eigenvalue weighted by molar-refractivity contribution is 6.01. The molecule has 0 spiro atoms. The predicted molar refractivity (Wildman–Crippen MR) is 119 cm³/mol. The van der Waals surface area contributed by atoms with Crippen LogP contribution in [0, 0.1) is 11.8 Å². The predicted octanol–water partition coefficient (Wildman–Crippen LogP) is 1.61. The molecule has 9 nitrogen and oxygen atoms in total. The first-order valence-electron chi connectivity index (χ1n) is 10.7. The van der Waals surface area contributed by atoms with Crippen LogP contribution in [0.25, 0.3) is 22.0 Å². The highest BCUT2D eigenvalue weighted by Crippen LogP contribution is 2.41. The number of aryl methyl sites for hydroxylation is 1. The van der Waals surface area contributed by atoms with Crippen LogP contribution in [0.15, 0.2) is 36.8 Å². The van der Waals surface area contributed by atoms with E-state index in [4.69, 9.17) is 5.73 Å². The second kappa shape index (κ2) is 7.83. The van der Waals surface area contributed by atoms with E-state index in [1.807, 2.05) is 12.1 Å². The zero-order valence-corrected chi connectivity index (χ0v) is 17.7. The summed E-state index contributed by atoms with van der Waals surface area (Å²) < 4.78 is 0. The summed E-state index contributed by atoms with van der Waals surface area (Å²) in [7, 11) is 0. The van der Waals surface area contributed by atoms with Crippen molar-refractivity contribution in [3.8, 4) is 11.3 Å². The Morgan fingerprint density at radius 2 is 2.06 bits per heavy atom. The Morgan fingerprint density at radius 1 is 1.25 bits per heavy atom. The van der Waals surface area contributed by atoms with Crippen LogP contribution in [0.1, 0.15) is 18.9 Å². The monoisotopic (exact) mass is 432 g/mol. The maximum Gasteiger partial charge on any atom is 0.229 e. The maximum atomic E-state index is 12.6. The number of hydrogen-bond acceptors (Lipinski definition) is 7. The van der Waals surface area contributed by atoms with Crippen LogP contribution >= 0.6 is 0 Å². The van der Waals surface area contributed by atoms with E-state index in [2.05, 4.69) is 27.2 Å². The summed E-state index contributed by atoms with van der Waals surface area (Å²) in [5.74, 6) is -0.199. The molecule has 3 aromatic heterocycles. The molecule has 1 aliphatic carbocycles. The Bertz CT molecular complexity index is 1220. The van der Waals surface area contributed by atoms with Crippen LogP contribution in [0.4, 0.5) is 11.6 Å². The van der Waals surface area contributed by atoms with E-state index >= 15 is 0 Å². The summed E-state index contributed by atoms with van der Waals surface area (Å²) >= 11 is 0. The van der Waals surface area contributed by atoms with E-state index in [9.17, 15) is 14.7 Å². The highest BCUT2D eigenvalue weighted by Gasteiger charge is 2.51. The maximum absolute atomic E-state index is 12.6. The van der Waals surface area contributed by atoms with Crippen LogP contribution in [0.3, 0.4) is 0 Å². The molecule has 32 heavy (non-hydrogen) atoms. The average Bonchev–Trinajstić information content (AvgIpc) is 3.57. The number of hydrogen-bond donors (Lipinski definition) is 3. The van der Waals surface area contributed by atoms with Gasteiger partial charge in [-0.2, -0.15) is 0 Å². The Kier molecular flexibility index (Phi) is 4.97. The largest absolute Gasteiger partial charge is 0.389 e. The van der Waals surface area contributed by atoms with Gasteiger partial charge in [-0.25, -0.2) is 9.97 Å². The van der Waals surface area contributed by atoms with Crippen molar-refractivity contribution in [1.82, 2.24) is 19.9 Å². The van der Waals surface area contributed by atoms with Gasteiger partial charge in [-0.3, -0.25) is 14.6 Å². The molecule has 2 atom stereocenters. The molecule has 4 heterocycles. The van der Waals surface area contributed by atoms with E-state index in [0.29, 0.717) is 42.2 Å². The first-order chi connectivity index (χ1) is 15.4. The number of nitrogen functional groups attached to an aromatic ring is 1. The number of amides is 2. The lowest BCUT2D eigenvalue weighted by Crippen LogP contribution is -2.54. The molecule has 164 valence electrons. The molecule has 0 aromatic carbocycles. The summed E-state index contributed by atoms with van der Waals surface area (Å²) in [6.07, 6.45) is 6.04. The summed E-state index contributed by atoms with van der Waals surface area (Å²) in [6.45, 7) is 2.77. The standard InChI is InChI=1S/C23H24N6O3/c1-2-12-3-4-25-8-17(12)19-5-13-6-20(26-9-18(13)21(24)27-19)28-22(31)15-7-16(15)23(32)29-10-14(30)11-29/h3-6,8-9,14-16,30H,2,7,10-11H2,1H3,(H2,24,27)(H,26,28,31). The van der Waals surface area contributed by atoms with Gasteiger partial charge in [0.25, 0.3) is 0 Å². The number of aliphatic hydroxyl groups is 1. The summed E-state index contributed by atoms with van der Waals surface area (Å²) in [5, 5.41) is 13.7. The number of aliphatic hydroxyl groups excluding tert-OH is 1. The van der Waals surface area contributed by atoms with Gasteiger partial charge >= 0.3 is 0 Å². The molecule has 4 N–H and O–H groups in total. The summed E-state index contributed by atoms with van der Waals surface area (Å²) in [5.41, 5.74) is 8.94. The van der Waals surface area contributed by atoms with Crippen LogP contribution in [0.5, 0.6) is 0 Å². The van der Waals surface area contributed by atoms with Gasteiger partial charge in [0.15, 0.2) is 0 Å². The van der Waals surface area contributed by atoms with Crippen molar-refractivity contribution in [3.63, 3.8) is 0 Å². The number of nitrogens with two attached hydrogens (primary N) is 1. The highest BCUT2D eigenvalue weighted by atomic mass is 16.3. The third-order valence-electron chi connectivity index (χ3n) is 6.18. The third-order valence-corrected chi connectivity index (χ3v) is 6.18. The van der Waals surface area contributed by atoms with E-state index in [0.717, 1.165) is 22.9 Å². The van der Waals surface area contributed by atoms with Crippen LogP contribution in [-0.4, -0.2) is 56.0 Å². The van der Waals surface area contributed by atoms with Gasteiger partial charge in [-0.1, -0.05) is 6.92 Å². The van der Waals surface area contributed by atoms with Gasteiger partial charge in [-0.05, 0) is 42.0 Å². The first-order valence-corrected chi connectivity index (χ1v) is 10.7. The van der Waals surface area contributed by atoms with Crippen molar-refractivity contribution in [2.24, 2.45) is 11.8 Å². The molecule has 2 unspecified atom stereocenters. The topological polar surface area (TPSA) is 134 Å². The molecule has 1 aliphatic heterocycles. The normalized spacial score (nSPS) is 20.1. The van der Waals surface area contributed by atoms with Gasteiger partial charge in [-0.15, -0.1) is 0 Å². The number of nitrogens with zero attached hydrogens (tertiary/aromatic N) is 4. The van der Waals surface area contributed by atoms with E-state index in [1.54, 1.807) is 29.6 Å². The van der Waals surface area contributed by atoms with Gasteiger partial charge in [0, 0.05) is 42.6 Å². The van der Waals surface area contributed by atoms with Crippen LogP contribution < -0.4 is 11.1 Å². The quantitative estimate of drug-likeness (QED) is 0.558. The molecule has 3 aromatic rings. The molecule has 2 fully saturated rings. The molecule has 1 saturated heterocycles. The lowest BCUT2D eigenvalue weighted by molar-refractivity contribution is -0.143. The number of likely N-dealkylation sites (tertiary alicyclic amines) is 1. The summed E-state index contributed by atoms with van der Waals surface area (Å²) in [6, 6.07) is 5.64. The fourth-order valence-corrected chi connectivity index (χ4v) is 4.19. The van der Waals surface area contributed by atoms with Gasteiger partial charge < -0.3 is 21.1 Å². The van der Waals surface area contributed by atoms with Crippen molar-refractivity contribution in [2.45, 2.75) is 25.9 Å². The minimum absolute atomic E-state index is 0.0615. The Hall–Kier alpha value is -3.59. The molecule has 2 amide bonds. The molecule has 0 radical (unpaired) electrons. The number of carbonyl (C=O) groups excluding carboxylic acids is 2. The Labute approximate surface area is 184 Å². The lowest BCUT2D eigenvalue weighted by atomic mass is 10.0. The minimum atomic E-state index is -0.446. The average molecular weight is 432 g/mol. The molecule has 0 bridgehead atoms. The van der Waals surface area contributed by atoms with Crippen molar-refractivity contribution in [3.05, 3.63) is 42.4 Å². The second-order valence-corrected chi connectivity index (χ2v) is 8.40. The Balaban J connectivity index is 1.35. The molecular formula is C23H24N6O3. The fourth-order valence-electron chi connectivity index (χ4n) is 4.19. The van der Waals surface area contributed by atoms with Crippen LogP contribution in [-0.2, 0) is 16.0 Å². The van der Waals surface area contributed by atoms with Crippen molar-refractivity contribution >= 4 is 34.2 Å². The van der Waals surface area contributed by atoms with Gasteiger partial charge in [0.05, 0.1) is 23.6 Å². The Morgan fingerprint density at radius 3 is 2.81 bits per heavy atom. The smallest absolute Gasteiger partial charge is 0.229 e. The zero-order valence-electron chi connectivity index (χ0n) is 17.7. The number of β-amino-alcohol motifs (C(OH)–C–C–N with tert-alkyl or cyclic N) is 1. The number of carbonyl (C=O) groups is 2. The molecular weight excluding hydrogens is 408 g/mol. The van der Waals surface area contributed by atoms with E-state index in [-0.39, 0.29) is 23.7 Å². The number of anilines is 2. The number of fused-ring (bicyclic) bond motifs is 1. The number of nitrogens with one attached hydrogen (secondary N) is 1. The second-order valence-electron chi connectivity index (χ2n) is 8.40. The van der Waals surface area contributed by atoms with E-state index in [1.165, 1.54) is 0 Å². The van der Waals surface area contributed by atoms with E-state index < -0.39 is 6.10 Å². The molecule has 1 saturated carbocycles. The minimum Gasteiger partial charge on any atom is -0.389 e. The fraction of sp³-hybridized carbons (Fsp3) is 0.348. The van der Waals surface area contributed by atoms with Crippen molar-refractivity contribution < 1.29 is 14.7 Å². The van der Waals surface area contributed by atoms with Crippen molar-refractivity contribution in [1.29, 1.82) is 0 Å². The zero-order chi connectivity index (χ0) is 22.4. The lowest BCUT2D eigenvalue weighted by Gasteiger charge is -2.36. The molecule has 5 rings (SSSR count). The molecule has 2 aliphatic rings. The summed E-state index contributed by atoms with van der Waals surface area (Å²) in [4.78, 5) is 39.6. The third kappa shape index (κ3) is 3.64. The first kappa shape index (κ1) is 20.3. The SMILES string of the molecule is CCc1ccncc1-c1cc2cc(NC(=O)C3CC3C(=O)N3CC(O)C3)ncc2c(N)n1. The van der Waals surface area contributed by atoms with Crippen molar-refractivity contribution in [2.75, 3.05) is 24.1 Å². The number of aromatic nitrogens is 3. The molecule has 9 heteroatoms.